The van der Waals surface area contributed by atoms with Crippen molar-refractivity contribution in [1.29, 1.82) is 0 Å². The van der Waals surface area contributed by atoms with E-state index < -0.39 is 5.41 Å². The summed E-state index contributed by atoms with van der Waals surface area (Å²) in [5.74, 6) is 0.776. The zero-order chi connectivity index (χ0) is 12.2. The molecule has 0 bridgehead atoms. The van der Waals surface area contributed by atoms with Crippen molar-refractivity contribution in [2.45, 2.75) is 20.3 Å². The quantitative estimate of drug-likeness (QED) is 0.776. The normalized spacial score (nSPS) is 14.2. The molecular weight excluding hydrogens is 202 g/mol. The summed E-state index contributed by atoms with van der Waals surface area (Å²) in [6, 6.07) is 7.20. The van der Waals surface area contributed by atoms with Crippen molar-refractivity contribution in [1.82, 2.24) is 0 Å². The lowest BCUT2D eigenvalue weighted by molar-refractivity contribution is 0.0820. The van der Waals surface area contributed by atoms with Crippen LogP contribution in [-0.4, -0.2) is 19.4 Å². The Morgan fingerprint density at radius 3 is 2.69 bits per heavy atom. The molecule has 1 rings (SSSR count). The van der Waals surface area contributed by atoms with Gasteiger partial charge in [-0.15, -0.1) is 0 Å². The predicted molar refractivity (Wildman–Crippen MR) is 64.8 cm³/mol. The van der Waals surface area contributed by atoms with Crippen molar-refractivity contribution >= 4 is 5.78 Å². The van der Waals surface area contributed by atoms with Gasteiger partial charge in [-0.1, -0.05) is 26.0 Å². The van der Waals surface area contributed by atoms with Crippen LogP contribution in [0.4, 0.5) is 0 Å². The summed E-state index contributed by atoms with van der Waals surface area (Å²) in [7, 11) is 1.59. The van der Waals surface area contributed by atoms with E-state index in [9.17, 15) is 4.79 Å². The molecule has 0 saturated heterocycles. The Labute approximate surface area is 96.6 Å². The van der Waals surface area contributed by atoms with Crippen LogP contribution in [-0.2, 0) is 0 Å². The van der Waals surface area contributed by atoms with Gasteiger partial charge >= 0.3 is 0 Å². The minimum Gasteiger partial charge on any atom is -0.497 e. The molecule has 0 amide bonds. The van der Waals surface area contributed by atoms with E-state index in [4.69, 9.17) is 10.5 Å². The van der Waals surface area contributed by atoms with Gasteiger partial charge in [0, 0.05) is 17.5 Å². The molecular formula is C13H19NO2. The van der Waals surface area contributed by atoms with Crippen molar-refractivity contribution in [3.63, 3.8) is 0 Å². The van der Waals surface area contributed by atoms with Gasteiger partial charge in [0.15, 0.2) is 5.78 Å². The largest absolute Gasteiger partial charge is 0.497 e. The molecule has 0 fully saturated rings. The van der Waals surface area contributed by atoms with Crippen LogP contribution >= 0.6 is 0 Å². The molecule has 3 heteroatoms. The first-order valence-corrected chi connectivity index (χ1v) is 5.46. The Balaban J connectivity index is 3.04. The lowest BCUT2D eigenvalue weighted by Crippen LogP contribution is -2.35. The molecule has 0 aliphatic heterocycles. The maximum Gasteiger partial charge on any atom is 0.170 e. The Kier molecular flexibility index (Phi) is 4.07. The number of benzene rings is 1. The zero-order valence-electron chi connectivity index (χ0n) is 10.1. The standard InChI is InChI=1S/C13H19NO2/c1-4-13(2,9-14)12(15)10-6-5-7-11(8-10)16-3/h5-8H,4,9,14H2,1-3H3. The smallest absolute Gasteiger partial charge is 0.170 e. The minimum atomic E-state index is -0.480. The molecule has 0 heterocycles. The third kappa shape index (κ3) is 2.42. The van der Waals surface area contributed by atoms with Gasteiger partial charge in [-0.05, 0) is 18.6 Å². The Bertz CT molecular complexity index is 370. The average Bonchev–Trinajstić information content (AvgIpc) is 2.37. The number of methoxy groups -OCH3 is 1. The van der Waals surface area contributed by atoms with Crippen LogP contribution in [0, 0.1) is 5.41 Å². The van der Waals surface area contributed by atoms with Crippen molar-refractivity contribution < 1.29 is 9.53 Å². The first-order chi connectivity index (χ1) is 7.57. The van der Waals surface area contributed by atoms with Crippen LogP contribution in [0.2, 0.25) is 0 Å². The van der Waals surface area contributed by atoms with Crippen molar-refractivity contribution in [3.05, 3.63) is 29.8 Å². The number of hydrogen-bond acceptors (Lipinski definition) is 3. The number of ketones is 1. The fourth-order valence-electron chi connectivity index (χ4n) is 1.51. The Morgan fingerprint density at radius 1 is 1.50 bits per heavy atom. The van der Waals surface area contributed by atoms with Gasteiger partial charge in [-0.2, -0.15) is 0 Å². The highest BCUT2D eigenvalue weighted by atomic mass is 16.5. The number of carbonyl (C=O) groups is 1. The first-order valence-electron chi connectivity index (χ1n) is 5.46. The van der Waals surface area contributed by atoms with Crippen molar-refractivity contribution in [2.24, 2.45) is 11.1 Å². The summed E-state index contributed by atoms with van der Waals surface area (Å²) >= 11 is 0. The Hall–Kier alpha value is -1.35. The molecule has 2 N–H and O–H groups in total. The number of nitrogens with two attached hydrogens (primary N) is 1. The fraction of sp³-hybridized carbons (Fsp3) is 0.462. The lowest BCUT2D eigenvalue weighted by atomic mass is 9.80. The summed E-state index contributed by atoms with van der Waals surface area (Å²) in [5, 5.41) is 0. The zero-order valence-corrected chi connectivity index (χ0v) is 10.1. The van der Waals surface area contributed by atoms with Crippen LogP contribution in [0.3, 0.4) is 0 Å². The highest BCUT2D eigenvalue weighted by Gasteiger charge is 2.30. The maximum absolute atomic E-state index is 12.3. The van der Waals surface area contributed by atoms with E-state index in [0.717, 1.165) is 6.42 Å². The minimum absolute atomic E-state index is 0.0800. The van der Waals surface area contributed by atoms with Gasteiger partial charge in [0.1, 0.15) is 5.75 Å². The Morgan fingerprint density at radius 2 is 2.19 bits per heavy atom. The van der Waals surface area contributed by atoms with Gasteiger partial charge in [-0.25, -0.2) is 0 Å². The number of rotatable bonds is 5. The van der Waals surface area contributed by atoms with Gasteiger partial charge < -0.3 is 10.5 Å². The number of ether oxygens (including phenoxy) is 1. The first kappa shape index (κ1) is 12.7. The summed E-state index contributed by atoms with van der Waals surface area (Å²) in [6.45, 7) is 4.24. The second-order valence-corrected chi connectivity index (χ2v) is 4.18. The highest BCUT2D eigenvalue weighted by Crippen LogP contribution is 2.26. The molecule has 16 heavy (non-hydrogen) atoms. The molecule has 1 unspecified atom stereocenters. The topological polar surface area (TPSA) is 52.3 Å². The number of hydrogen-bond donors (Lipinski definition) is 1. The van der Waals surface area contributed by atoms with Gasteiger partial charge in [0.2, 0.25) is 0 Å². The van der Waals surface area contributed by atoms with Crippen molar-refractivity contribution in [3.8, 4) is 5.75 Å². The molecule has 0 saturated carbocycles. The third-order valence-corrected chi connectivity index (χ3v) is 3.11. The number of carbonyl (C=O) groups excluding carboxylic acids is 1. The third-order valence-electron chi connectivity index (χ3n) is 3.11. The molecule has 1 aromatic rings. The highest BCUT2D eigenvalue weighted by molar-refractivity contribution is 6.00. The van der Waals surface area contributed by atoms with E-state index in [1.165, 1.54) is 0 Å². The van der Waals surface area contributed by atoms with Crippen LogP contribution in [0.1, 0.15) is 30.6 Å². The molecule has 1 atom stereocenters. The molecule has 0 radical (unpaired) electrons. The van der Waals surface area contributed by atoms with E-state index >= 15 is 0 Å². The summed E-state index contributed by atoms with van der Waals surface area (Å²) in [6.07, 6.45) is 0.736. The average molecular weight is 221 g/mol. The monoisotopic (exact) mass is 221 g/mol. The van der Waals surface area contributed by atoms with Gasteiger partial charge in [0.25, 0.3) is 0 Å². The van der Waals surface area contributed by atoms with Crippen LogP contribution in [0.5, 0.6) is 5.75 Å². The van der Waals surface area contributed by atoms with E-state index in [1.807, 2.05) is 26.0 Å². The summed E-state index contributed by atoms with van der Waals surface area (Å²) in [5.41, 5.74) is 5.86. The molecule has 1 aromatic carbocycles. The molecule has 0 aromatic heterocycles. The second-order valence-electron chi connectivity index (χ2n) is 4.18. The summed E-state index contributed by atoms with van der Waals surface area (Å²) < 4.78 is 5.10. The maximum atomic E-state index is 12.3. The second kappa shape index (κ2) is 5.12. The van der Waals surface area contributed by atoms with Crippen LogP contribution in [0.15, 0.2) is 24.3 Å². The molecule has 0 aliphatic carbocycles. The molecule has 0 spiro atoms. The molecule has 88 valence electrons. The fourth-order valence-corrected chi connectivity index (χ4v) is 1.51. The van der Waals surface area contributed by atoms with Crippen LogP contribution < -0.4 is 10.5 Å². The van der Waals surface area contributed by atoms with Crippen LogP contribution in [0.25, 0.3) is 0 Å². The van der Waals surface area contributed by atoms with Gasteiger partial charge in [-0.3, -0.25) is 4.79 Å². The molecule has 0 aliphatic rings. The number of Topliss-reactive ketones (excluding diaryl/α,β-unsaturated/α-hetero) is 1. The van der Waals surface area contributed by atoms with E-state index in [0.29, 0.717) is 17.9 Å². The van der Waals surface area contributed by atoms with E-state index in [2.05, 4.69) is 0 Å². The molecule has 3 nitrogen and oxygen atoms in total. The summed E-state index contributed by atoms with van der Waals surface area (Å²) in [4.78, 5) is 12.3. The van der Waals surface area contributed by atoms with E-state index in [1.54, 1.807) is 19.2 Å². The van der Waals surface area contributed by atoms with E-state index in [-0.39, 0.29) is 5.78 Å². The predicted octanol–water partition coefficient (Wildman–Crippen LogP) is 2.25. The van der Waals surface area contributed by atoms with Gasteiger partial charge in [0.05, 0.1) is 7.11 Å². The SMILES string of the molecule is CCC(C)(CN)C(=O)c1cccc(OC)c1. The van der Waals surface area contributed by atoms with Crippen molar-refractivity contribution in [2.75, 3.05) is 13.7 Å². The lowest BCUT2D eigenvalue weighted by Gasteiger charge is -2.24.